The number of halogens is 1. The van der Waals surface area contributed by atoms with Crippen molar-refractivity contribution in [1.29, 1.82) is 0 Å². The number of aryl methyl sites for hydroxylation is 1. The number of piperidine rings is 1. The summed E-state index contributed by atoms with van der Waals surface area (Å²) in [5.41, 5.74) is 1.20. The monoisotopic (exact) mass is 333 g/mol. The van der Waals surface area contributed by atoms with Crippen LogP contribution in [0.15, 0.2) is 22.6 Å². The Hall–Kier alpha value is -1.92. The summed E-state index contributed by atoms with van der Waals surface area (Å²) in [6, 6.07) is 4.20. The zero-order valence-electron chi connectivity index (χ0n) is 13.6. The molecule has 128 valence electrons. The summed E-state index contributed by atoms with van der Waals surface area (Å²) in [4.78, 5) is 14.9. The van der Waals surface area contributed by atoms with Crippen LogP contribution in [0.2, 0.25) is 0 Å². The van der Waals surface area contributed by atoms with E-state index in [1.165, 1.54) is 12.1 Å². The lowest BCUT2D eigenvalue weighted by Gasteiger charge is -2.37. The number of carbonyl (C=O) groups excluding carboxylic acids is 1. The number of furan rings is 1. The van der Waals surface area contributed by atoms with Crippen molar-refractivity contribution in [3.05, 3.63) is 35.3 Å². The van der Waals surface area contributed by atoms with Gasteiger partial charge in [-0.25, -0.2) is 4.39 Å². The third kappa shape index (κ3) is 2.59. The van der Waals surface area contributed by atoms with E-state index in [2.05, 4.69) is 0 Å². The molecule has 0 N–H and O–H groups in total. The highest BCUT2D eigenvalue weighted by molar-refractivity contribution is 5.99. The van der Waals surface area contributed by atoms with E-state index >= 15 is 0 Å². The molecule has 2 fully saturated rings. The molecule has 1 unspecified atom stereocenters. The van der Waals surface area contributed by atoms with Crippen molar-refractivity contribution >= 4 is 16.9 Å². The number of carbonyl (C=O) groups is 1. The van der Waals surface area contributed by atoms with Gasteiger partial charge in [-0.2, -0.15) is 0 Å². The van der Waals surface area contributed by atoms with Crippen LogP contribution >= 0.6 is 0 Å². The van der Waals surface area contributed by atoms with Gasteiger partial charge in [0.05, 0.1) is 19.3 Å². The number of benzene rings is 1. The largest absolute Gasteiger partial charge is 0.451 e. The molecule has 0 radical (unpaired) electrons. The smallest absolute Gasteiger partial charge is 0.290 e. The van der Waals surface area contributed by atoms with Crippen LogP contribution in [0.3, 0.4) is 0 Å². The molecule has 5 nitrogen and oxygen atoms in total. The van der Waals surface area contributed by atoms with Gasteiger partial charge in [-0.05, 0) is 44.4 Å². The van der Waals surface area contributed by atoms with Gasteiger partial charge in [-0.3, -0.25) is 4.79 Å². The third-order valence-electron chi connectivity index (χ3n) is 4.86. The van der Waals surface area contributed by atoms with Gasteiger partial charge in [0.15, 0.2) is 12.1 Å². The number of ether oxygens (including phenoxy) is 2. The van der Waals surface area contributed by atoms with E-state index in [4.69, 9.17) is 13.9 Å². The summed E-state index contributed by atoms with van der Waals surface area (Å²) in [5, 5.41) is 0.639. The van der Waals surface area contributed by atoms with Crippen molar-refractivity contribution in [1.82, 2.24) is 4.90 Å². The highest BCUT2D eigenvalue weighted by atomic mass is 19.1. The van der Waals surface area contributed by atoms with Crippen molar-refractivity contribution in [3.8, 4) is 0 Å². The summed E-state index contributed by atoms with van der Waals surface area (Å²) in [7, 11) is 0. The summed E-state index contributed by atoms with van der Waals surface area (Å²) in [5.74, 6) is -0.234. The third-order valence-corrected chi connectivity index (χ3v) is 4.86. The van der Waals surface area contributed by atoms with E-state index in [9.17, 15) is 9.18 Å². The quantitative estimate of drug-likeness (QED) is 0.846. The summed E-state index contributed by atoms with van der Waals surface area (Å²) in [6.07, 6.45) is 2.48. The molecule has 24 heavy (non-hydrogen) atoms. The molecule has 4 rings (SSSR count). The van der Waals surface area contributed by atoms with Gasteiger partial charge in [0.2, 0.25) is 0 Å². The molecule has 2 aromatic rings. The number of rotatable bonds is 2. The second-order valence-corrected chi connectivity index (χ2v) is 6.37. The average Bonchev–Trinajstić information content (AvgIpc) is 3.23. The Morgan fingerprint density at radius 1 is 1.25 bits per heavy atom. The maximum absolute atomic E-state index is 13.5. The molecule has 2 saturated heterocycles. The van der Waals surface area contributed by atoms with Gasteiger partial charge in [0.25, 0.3) is 5.91 Å². The topological polar surface area (TPSA) is 51.9 Å². The molecule has 2 aliphatic rings. The number of hydrogen-bond donors (Lipinski definition) is 0. The number of nitrogens with zero attached hydrogens (tertiary/aromatic N) is 1. The maximum Gasteiger partial charge on any atom is 0.290 e. The lowest BCUT2D eigenvalue weighted by atomic mass is 10.0. The first-order valence-electron chi connectivity index (χ1n) is 8.38. The minimum absolute atomic E-state index is 0.0990. The van der Waals surface area contributed by atoms with Crippen LogP contribution in [-0.2, 0) is 9.47 Å². The lowest BCUT2D eigenvalue weighted by Crippen LogP contribution is -2.50. The predicted molar refractivity (Wildman–Crippen MR) is 85.3 cm³/mol. The van der Waals surface area contributed by atoms with Crippen molar-refractivity contribution < 1.29 is 23.1 Å². The Labute approximate surface area is 139 Å². The highest BCUT2D eigenvalue weighted by Crippen LogP contribution is 2.30. The van der Waals surface area contributed by atoms with Crippen molar-refractivity contribution in [2.24, 2.45) is 0 Å². The minimum Gasteiger partial charge on any atom is -0.451 e. The number of likely N-dealkylation sites (tertiary alicyclic amines) is 1. The van der Waals surface area contributed by atoms with Gasteiger partial charge < -0.3 is 18.8 Å². The van der Waals surface area contributed by atoms with Gasteiger partial charge in [0.1, 0.15) is 11.4 Å². The number of amides is 1. The molecule has 0 bridgehead atoms. The van der Waals surface area contributed by atoms with Gasteiger partial charge in [-0.15, -0.1) is 0 Å². The molecule has 1 aromatic heterocycles. The highest BCUT2D eigenvalue weighted by Gasteiger charge is 2.38. The van der Waals surface area contributed by atoms with Crippen LogP contribution < -0.4 is 0 Å². The van der Waals surface area contributed by atoms with E-state index in [1.807, 2.05) is 0 Å². The molecule has 6 heteroatoms. The van der Waals surface area contributed by atoms with Gasteiger partial charge >= 0.3 is 0 Å². The summed E-state index contributed by atoms with van der Waals surface area (Å²) >= 11 is 0. The zero-order chi connectivity index (χ0) is 16.7. The molecule has 1 atom stereocenters. The normalized spacial score (nSPS) is 22.4. The van der Waals surface area contributed by atoms with Crippen molar-refractivity contribution in [2.75, 3.05) is 19.8 Å². The van der Waals surface area contributed by atoms with Gasteiger partial charge in [0, 0.05) is 17.5 Å². The molecule has 1 aromatic carbocycles. The lowest BCUT2D eigenvalue weighted by molar-refractivity contribution is -0.100. The van der Waals surface area contributed by atoms with E-state index < -0.39 is 0 Å². The molecular formula is C18H20FNO4. The first-order chi connectivity index (χ1) is 11.6. The molecule has 1 amide bonds. The fourth-order valence-corrected chi connectivity index (χ4v) is 3.62. The molecular weight excluding hydrogens is 313 g/mol. The van der Waals surface area contributed by atoms with E-state index in [0.29, 0.717) is 36.3 Å². The maximum atomic E-state index is 13.5. The Kier molecular flexibility index (Phi) is 4.02. The standard InChI is InChI=1S/C18H20FNO4/c1-11-13-10-12(19)5-6-15(13)24-16(11)17(21)20-7-3-2-4-14(20)18-22-8-9-23-18/h5-6,10,14,18H,2-4,7-9H2,1H3. The second-order valence-electron chi connectivity index (χ2n) is 6.37. The van der Waals surface area contributed by atoms with E-state index in [0.717, 1.165) is 19.3 Å². The first kappa shape index (κ1) is 15.6. The molecule has 0 spiro atoms. The molecule has 3 heterocycles. The van der Waals surface area contributed by atoms with Crippen LogP contribution in [0.25, 0.3) is 11.0 Å². The van der Waals surface area contributed by atoms with Crippen LogP contribution in [-0.4, -0.2) is 42.9 Å². The van der Waals surface area contributed by atoms with Crippen molar-refractivity contribution in [2.45, 2.75) is 38.5 Å². The first-order valence-corrected chi connectivity index (χ1v) is 8.38. The van der Waals surface area contributed by atoms with Crippen LogP contribution in [0.1, 0.15) is 35.4 Å². The molecule has 2 aliphatic heterocycles. The van der Waals surface area contributed by atoms with Crippen LogP contribution in [0, 0.1) is 12.7 Å². The minimum atomic E-state index is -0.364. The Bertz CT molecular complexity index is 766. The van der Waals surface area contributed by atoms with Crippen LogP contribution in [0.5, 0.6) is 0 Å². The van der Waals surface area contributed by atoms with Crippen molar-refractivity contribution in [3.63, 3.8) is 0 Å². The Balaban J connectivity index is 1.67. The van der Waals surface area contributed by atoms with Crippen LogP contribution in [0.4, 0.5) is 4.39 Å². The average molecular weight is 333 g/mol. The molecule has 0 aliphatic carbocycles. The van der Waals surface area contributed by atoms with E-state index in [-0.39, 0.29) is 29.8 Å². The SMILES string of the molecule is Cc1c(C(=O)N2CCCCC2C2OCCO2)oc2ccc(F)cc12. The second kappa shape index (κ2) is 6.18. The zero-order valence-corrected chi connectivity index (χ0v) is 13.6. The predicted octanol–water partition coefficient (Wildman–Crippen LogP) is 3.25. The van der Waals surface area contributed by atoms with E-state index in [1.54, 1.807) is 17.9 Å². The molecule has 0 saturated carbocycles. The van der Waals surface area contributed by atoms with Gasteiger partial charge in [-0.1, -0.05) is 0 Å². The fourth-order valence-electron chi connectivity index (χ4n) is 3.62. The Morgan fingerprint density at radius 3 is 2.83 bits per heavy atom. The number of fused-ring (bicyclic) bond motifs is 1. The summed E-state index contributed by atoms with van der Waals surface area (Å²) in [6.45, 7) is 3.57. The Morgan fingerprint density at radius 2 is 2.04 bits per heavy atom. The summed E-state index contributed by atoms with van der Waals surface area (Å²) < 4.78 is 30.5. The number of hydrogen-bond acceptors (Lipinski definition) is 4. The fraction of sp³-hybridized carbons (Fsp3) is 0.500.